The topological polar surface area (TPSA) is 111 Å². The molecular formula is C23H22ClFN4O5. The number of aliphatic hydroxyl groups excluding tert-OH is 1. The van der Waals surface area contributed by atoms with E-state index in [1.54, 1.807) is 35.9 Å². The molecule has 0 aliphatic carbocycles. The molecule has 0 amide bonds. The Hall–Kier alpha value is -3.63. The maximum absolute atomic E-state index is 13.4. The number of aliphatic hydroxyl groups is 1. The fraction of sp³-hybridized carbons (Fsp3) is 0.261. The number of ether oxygens (including phenoxy) is 2. The highest BCUT2D eigenvalue weighted by atomic mass is 35.5. The van der Waals surface area contributed by atoms with Gasteiger partial charge in [-0.15, -0.1) is 0 Å². The molecule has 2 N–H and O–H groups in total. The van der Waals surface area contributed by atoms with Crippen LogP contribution in [0.5, 0.6) is 11.5 Å². The summed E-state index contributed by atoms with van der Waals surface area (Å²) in [7, 11) is 3.15. The van der Waals surface area contributed by atoms with Crippen molar-refractivity contribution in [2.24, 2.45) is 7.05 Å². The Morgan fingerprint density at radius 1 is 1.21 bits per heavy atom. The van der Waals surface area contributed by atoms with Crippen LogP contribution < -0.4 is 20.7 Å². The van der Waals surface area contributed by atoms with Gasteiger partial charge in [0.15, 0.2) is 22.7 Å². The van der Waals surface area contributed by atoms with E-state index in [1.807, 2.05) is 0 Å². The first-order chi connectivity index (χ1) is 16.2. The van der Waals surface area contributed by atoms with Gasteiger partial charge < -0.3 is 19.1 Å². The molecule has 4 aromatic rings. The molecule has 2 aromatic heterocycles. The maximum Gasteiger partial charge on any atom is 0.330 e. The standard InChI is InChI=1S/C23H22ClFN4O5/c1-12(30)10-29-21-19(22(31)27-23(29)32)28(2)20(26-21)14-5-7-17(18(9-14)33-3)34-11-13-4-6-16(25)15(24)8-13/h4-9,12,30H,10-11H2,1-3H3,(H,27,31,32). The molecule has 0 fully saturated rings. The van der Waals surface area contributed by atoms with Gasteiger partial charge in [-0.2, -0.15) is 0 Å². The van der Waals surface area contributed by atoms with Crippen LogP contribution in [-0.2, 0) is 20.2 Å². The first kappa shape index (κ1) is 23.5. The summed E-state index contributed by atoms with van der Waals surface area (Å²) < 4.78 is 27.5. The number of hydrogen-bond donors (Lipinski definition) is 2. The Morgan fingerprint density at radius 2 is 1.97 bits per heavy atom. The van der Waals surface area contributed by atoms with E-state index >= 15 is 0 Å². The van der Waals surface area contributed by atoms with E-state index in [1.165, 1.54) is 30.7 Å². The van der Waals surface area contributed by atoms with Crippen molar-refractivity contribution < 1.29 is 19.0 Å². The molecule has 178 valence electrons. The molecule has 0 spiro atoms. The lowest BCUT2D eigenvalue weighted by Crippen LogP contribution is -2.33. The predicted molar refractivity (Wildman–Crippen MR) is 125 cm³/mol. The van der Waals surface area contributed by atoms with Crippen molar-refractivity contribution in [3.8, 4) is 22.9 Å². The van der Waals surface area contributed by atoms with E-state index in [0.717, 1.165) is 0 Å². The second-order valence-electron chi connectivity index (χ2n) is 7.79. The van der Waals surface area contributed by atoms with E-state index in [9.17, 15) is 19.1 Å². The summed E-state index contributed by atoms with van der Waals surface area (Å²) in [6, 6.07) is 9.45. The smallest absolute Gasteiger partial charge is 0.330 e. The number of aromatic amines is 1. The molecule has 0 saturated heterocycles. The predicted octanol–water partition coefficient (Wildman–Crippen LogP) is 2.85. The number of methoxy groups -OCH3 is 1. The van der Waals surface area contributed by atoms with Crippen molar-refractivity contribution in [3.63, 3.8) is 0 Å². The van der Waals surface area contributed by atoms with E-state index in [-0.39, 0.29) is 29.3 Å². The molecule has 9 nitrogen and oxygen atoms in total. The molecule has 0 saturated carbocycles. The first-order valence-corrected chi connectivity index (χ1v) is 10.7. The number of imidazole rings is 1. The first-order valence-electron chi connectivity index (χ1n) is 10.3. The van der Waals surface area contributed by atoms with Gasteiger partial charge in [0, 0.05) is 12.6 Å². The van der Waals surface area contributed by atoms with Crippen molar-refractivity contribution >= 4 is 22.8 Å². The van der Waals surface area contributed by atoms with Crippen molar-refractivity contribution in [1.82, 2.24) is 19.1 Å². The van der Waals surface area contributed by atoms with Crippen molar-refractivity contribution in [1.29, 1.82) is 0 Å². The van der Waals surface area contributed by atoms with Gasteiger partial charge in [-0.3, -0.25) is 14.3 Å². The normalized spacial score (nSPS) is 12.2. The van der Waals surface area contributed by atoms with E-state index in [2.05, 4.69) is 9.97 Å². The largest absolute Gasteiger partial charge is 0.493 e. The number of benzene rings is 2. The third-order valence-corrected chi connectivity index (χ3v) is 5.55. The van der Waals surface area contributed by atoms with Gasteiger partial charge in [-0.1, -0.05) is 17.7 Å². The average molecular weight is 489 g/mol. The van der Waals surface area contributed by atoms with Crippen molar-refractivity contribution in [2.45, 2.75) is 26.2 Å². The fourth-order valence-corrected chi connectivity index (χ4v) is 3.86. The third kappa shape index (κ3) is 4.42. The second-order valence-corrected chi connectivity index (χ2v) is 8.20. The zero-order chi connectivity index (χ0) is 24.6. The summed E-state index contributed by atoms with van der Waals surface area (Å²) in [6.45, 7) is 1.66. The quantitative estimate of drug-likeness (QED) is 0.414. The van der Waals surface area contributed by atoms with Crippen LogP contribution in [0.1, 0.15) is 12.5 Å². The van der Waals surface area contributed by atoms with Gasteiger partial charge in [0.2, 0.25) is 0 Å². The highest BCUT2D eigenvalue weighted by Crippen LogP contribution is 2.33. The molecule has 11 heteroatoms. The fourth-order valence-electron chi connectivity index (χ4n) is 3.65. The molecule has 0 aliphatic rings. The number of rotatable bonds is 7. The summed E-state index contributed by atoms with van der Waals surface area (Å²) in [5.41, 5.74) is 0.437. The molecular weight excluding hydrogens is 467 g/mol. The van der Waals surface area contributed by atoms with Crippen LogP contribution in [0.15, 0.2) is 46.0 Å². The number of H-pyrrole nitrogens is 1. The molecule has 0 bridgehead atoms. The highest BCUT2D eigenvalue weighted by Gasteiger charge is 2.19. The van der Waals surface area contributed by atoms with Crippen LogP contribution >= 0.6 is 11.6 Å². The minimum atomic E-state index is -0.815. The minimum Gasteiger partial charge on any atom is -0.493 e. The summed E-state index contributed by atoms with van der Waals surface area (Å²) in [5.74, 6) is 0.760. The molecule has 0 aliphatic heterocycles. The van der Waals surface area contributed by atoms with E-state index in [0.29, 0.717) is 28.5 Å². The molecule has 2 heterocycles. The minimum absolute atomic E-state index is 0.00863. The second kappa shape index (κ2) is 9.32. The van der Waals surface area contributed by atoms with Gasteiger partial charge in [0.05, 0.1) is 24.8 Å². The highest BCUT2D eigenvalue weighted by molar-refractivity contribution is 6.30. The molecule has 0 radical (unpaired) electrons. The lowest BCUT2D eigenvalue weighted by molar-refractivity contribution is 0.173. The number of halogens is 2. The number of aromatic nitrogens is 4. The number of fused-ring (bicyclic) bond motifs is 1. The van der Waals surface area contributed by atoms with Gasteiger partial charge in [0.25, 0.3) is 5.56 Å². The summed E-state index contributed by atoms with van der Waals surface area (Å²) >= 11 is 5.83. The molecule has 4 rings (SSSR count). The van der Waals surface area contributed by atoms with Crippen LogP contribution in [0.4, 0.5) is 4.39 Å². The number of nitrogens with one attached hydrogen (secondary N) is 1. The summed E-state index contributed by atoms with van der Waals surface area (Å²) in [5, 5.41) is 9.78. The summed E-state index contributed by atoms with van der Waals surface area (Å²) in [6.07, 6.45) is -0.815. The van der Waals surface area contributed by atoms with Crippen molar-refractivity contribution in [2.75, 3.05) is 7.11 Å². The Labute approximate surface area is 198 Å². The van der Waals surface area contributed by atoms with Gasteiger partial charge in [0.1, 0.15) is 18.2 Å². The van der Waals surface area contributed by atoms with Crippen molar-refractivity contribution in [3.05, 3.63) is 73.6 Å². The molecule has 34 heavy (non-hydrogen) atoms. The van der Waals surface area contributed by atoms with E-state index < -0.39 is 23.2 Å². The molecule has 1 unspecified atom stereocenters. The van der Waals surface area contributed by atoms with Crippen LogP contribution in [0.3, 0.4) is 0 Å². The van der Waals surface area contributed by atoms with Crippen LogP contribution in [0, 0.1) is 5.82 Å². The summed E-state index contributed by atoms with van der Waals surface area (Å²) in [4.78, 5) is 31.6. The lowest BCUT2D eigenvalue weighted by atomic mass is 10.2. The average Bonchev–Trinajstić information content (AvgIpc) is 3.14. The zero-order valence-electron chi connectivity index (χ0n) is 18.6. The van der Waals surface area contributed by atoms with Gasteiger partial charge in [-0.05, 0) is 42.8 Å². The Balaban J connectivity index is 1.72. The lowest BCUT2D eigenvalue weighted by Gasteiger charge is -2.12. The van der Waals surface area contributed by atoms with Crippen LogP contribution in [0.2, 0.25) is 5.02 Å². The maximum atomic E-state index is 13.4. The zero-order valence-corrected chi connectivity index (χ0v) is 19.4. The van der Waals surface area contributed by atoms with Gasteiger partial charge >= 0.3 is 5.69 Å². The number of aryl methyl sites for hydroxylation is 1. The SMILES string of the molecule is COc1cc(-c2nc3c(c(=O)[nH]c(=O)n3CC(C)O)n2C)ccc1OCc1ccc(F)c(Cl)c1. The van der Waals surface area contributed by atoms with E-state index in [4.69, 9.17) is 21.1 Å². The Kier molecular flexibility index (Phi) is 6.45. The monoisotopic (exact) mass is 488 g/mol. The molecule has 1 atom stereocenters. The Bertz CT molecular complexity index is 1490. The van der Waals surface area contributed by atoms with Gasteiger partial charge in [-0.25, -0.2) is 14.2 Å². The number of hydrogen-bond acceptors (Lipinski definition) is 6. The number of nitrogens with zero attached hydrogens (tertiary/aromatic N) is 3. The third-order valence-electron chi connectivity index (χ3n) is 5.26. The Morgan fingerprint density at radius 3 is 2.65 bits per heavy atom. The van der Waals surface area contributed by atoms with Crippen LogP contribution in [-0.4, -0.2) is 37.4 Å². The van der Waals surface area contributed by atoms with Crippen LogP contribution in [0.25, 0.3) is 22.6 Å². The molecule has 2 aromatic carbocycles.